The van der Waals surface area contributed by atoms with Crippen molar-refractivity contribution >= 4 is 11.6 Å². The summed E-state index contributed by atoms with van der Waals surface area (Å²) in [6.45, 7) is 8.10. The Labute approximate surface area is 117 Å². The molecule has 0 aliphatic rings. The van der Waals surface area contributed by atoms with Gasteiger partial charge in [-0.3, -0.25) is 0 Å². The van der Waals surface area contributed by atoms with E-state index in [9.17, 15) is 13.2 Å². The van der Waals surface area contributed by atoms with E-state index in [1.165, 1.54) is 4.90 Å². The molecule has 0 radical (unpaired) electrons. The van der Waals surface area contributed by atoms with Gasteiger partial charge >= 0.3 is 6.18 Å². The second-order valence-corrected chi connectivity index (χ2v) is 5.76. The Balaban J connectivity index is 3.31. The van der Waals surface area contributed by atoms with Crippen LogP contribution in [-0.4, -0.2) is 29.2 Å². The van der Waals surface area contributed by atoms with E-state index in [-0.39, 0.29) is 23.6 Å². The topological polar surface area (TPSA) is 55.0 Å². The van der Waals surface area contributed by atoms with Crippen molar-refractivity contribution in [2.45, 2.75) is 46.2 Å². The molecule has 0 amide bonds. The van der Waals surface area contributed by atoms with Crippen molar-refractivity contribution in [2.24, 2.45) is 0 Å². The number of anilines is 2. The molecule has 7 heteroatoms. The standard InChI is InChI=1S/C13H21F3N4/c1-6-20(7-13(14,15)16)10-8(2)9(17)18-11(19-10)12(3,4)5/h6-7H2,1-5H3,(H2,17,18,19). The summed E-state index contributed by atoms with van der Waals surface area (Å²) < 4.78 is 37.9. The van der Waals surface area contributed by atoms with Gasteiger partial charge in [0.1, 0.15) is 24.0 Å². The zero-order valence-electron chi connectivity index (χ0n) is 12.5. The lowest BCUT2D eigenvalue weighted by molar-refractivity contribution is -0.119. The van der Waals surface area contributed by atoms with Gasteiger partial charge in [0.25, 0.3) is 0 Å². The predicted octanol–water partition coefficient (Wildman–Crippen LogP) is 3.05. The summed E-state index contributed by atoms with van der Waals surface area (Å²) in [4.78, 5) is 9.64. The summed E-state index contributed by atoms with van der Waals surface area (Å²) in [5.74, 6) is 0.916. The molecule has 0 atom stereocenters. The molecule has 0 unspecified atom stereocenters. The van der Waals surface area contributed by atoms with Crippen molar-refractivity contribution in [3.05, 3.63) is 11.4 Å². The van der Waals surface area contributed by atoms with E-state index in [2.05, 4.69) is 9.97 Å². The van der Waals surface area contributed by atoms with Crippen molar-refractivity contribution in [2.75, 3.05) is 23.7 Å². The van der Waals surface area contributed by atoms with Crippen molar-refractivity contribution in [3.63, 3.8) is 0 Å². The number of halogens is 3. The summed E-state index contributed by atoms with van der Waals surface area (Å²) in [7, 11) is 0. The maximum Gasteiger partial charge on any atom is 0.405 e. The largest absolute Gasteiger partial charge is 0.405 e. The molecule has 0 spiro atoms. The highest BCUT2D eigenvalue weighted by molar-refractivity contribution is 5.57. The van der Waals surface area contributed by atoms with E-state index in [1.807, 2.05) is 20.8 Å². The lowest BCUT2D eigenvalue weighted by Crippen LogP contribution is -2.36. The van der Waals surface area contributed by atoms with Gasteiger partial charge in [0.2, 0.25) is 0 Å². The molecule has 20 heavy (non-hydrogen) atoms. The van der Waals surface area contributed by atoms with Gasteiger partial charge in [-0.15, -0.1) is 0 Å². The zero-order chi connectivity index (χ0) is 15.7. The van der Waals surface area contributed by atoms with E-state index in [4.69, 9.17) is 5.73 Å². The first-order chi connectivity index (χ1) is 8.95. The molecule has 1 heterocycles. The van der Waals surface area contributed by atoms with Gasteiger partial charge in [-0.2, -0.15) is 13.2 Å². The molecule has 0 bridgehead atoms. The van der Waals surface area contributed by atoms with E-state index < -0.39 is 12.7 Å². The minimum Gasteiger partial charge on any atom is -0.383 e. The lowest BCUT2D eigenvalue weighted by atomic mass is 9.95. The van der Waals surface area contributed by atoms with Gasteiger partial charge in [0.05, 0.1) is 0 Å². The molecular formula is C13H21F3N4. The van der Waals surface area contributed by atoms with Gasteiger partial charge in [0.15, 0.2) is 0 Å². The number of rotatable bonds is 3. The zero-order valence-corrected chi connectivity index (χ0v) is 12.5. The maximum atomic E-state index is 12.6. The quantitative estimate of drug-likeness (QED) is 0.929. The van der Waals surface area contributed by atoms with Crippen molar-refractivity contribution in [1.82, 2.24) is 9.97 Å². The number of nitrogen functional groups attached to an aromatic ring is 1. The summed E-state index contributed by atoms with van der Waals surface area (Å²) in [5.41, 5.74) is 5.91. The summed E-state index contributed by atoms with van der Waals surface area (Å²) in [6.07, 6.45) is -4.29. The van der Waals surface area contributed by atoms with Gasteiger partial charge in [-0.25, -0.2) is 9.97 Å². The van der Waals surface area contributed by atoms with Crippen molar-refractivity contribution < 1.29 is 13.2 Å². The van der Waals surface area contributed by atoms with Crippen LogP contribution in [0.15, 0.2) is 0 Å². The first-order valence-corrected chi connectivity index (χ1v) is 6.42. The minimum absolute atomic E-state index is 0.195. The second kappa shape index (κ2) is 5.46. The third-order valence-corrected chi connectivity index (χ3v) is 2.88. The van der Waals surface area contributed by atoms with Crippen LogP contribution in [0.1, 0.15) is 39.1 Å². The smallest absolute Gasteiger partial charge is 0.383 e. The van der Waals surface area contributed by atoms with E-state index in [0.29, 0.717) is 11.4 Å². The fraction of sp³-hybridized carbons (Fsp3) is 0.692. The average Bonchev–Trinajstić information content (AvgIpc) is 2.27. The second-order valence-electron chi connectivity index (χ2n) is 5.76. The number of nitrogens with two attached hydrogens (primary N) is 1. The van der Waals surface area contributed by atoms with Gasteiger partial charge in [0, 0.05) is 17.5 Å². The third-order valence-electron chi connectivity index (χ3n) is 2.88. The summed E-state index contributed by atoms with van der Waals surface area (Å²) in [5, 5.41) is 0. The van der Waals surface area contributed by atoms with Gasteiger partial charge < -0.3 is 10.6 Å². The van der Waals surface area contributed by atoms with Crippen molar-refractivity contribution in [3.8, 4) is 0 Å². The molecule has 1 aromatic rings. The summed E-state index contributed by atoms with van der Waals surface area (Å²) >= 11 is 0. The lowest BCUT2D eigenvalue weighted by Gasteiger charge is -2.27. The maximum absolute atomic E-state index is 12.6. The molecule has 0 saturated heterocycles. The highest BCUT2D eigenvalue weighted by Crippen LogP contribution is 2.29. The average molecular weight is 290 g/mol. The highest BCUT2D eigenvalue weighted by Gasteiger charge is 2.32. The van der Waals surface area contributed by atoms with Crippen LogP contribution >= 0.6 is 0 Å². The van der Waals surface area contributed by atoms with Crippen LogP contribution in [0.5, 0.6) is 0 Å². The molecule has 0 aliphatic carbocycles. The van der Waals surface area contributed by atoms with Crippen LogP contribution < -0.4 is 10.6 Å². The van der Waals surface area contributed by atoms with Gasteiger partial charge in [-0.05, 0) is 13.8 Å². The fourth-order valence-corrected chi connectivity index (χ4v) is 1.72. The first kappa shape index (κ1) is 16.5. The fourth-order valence-electron chi connectivity index (χ4n) is 1.72. The van der Waals surface area contributed by atoms with E-state index >= 15 is 0 Å². The van der Waals surface area contributed by atoms with Crippen molar-refractivity contribution in [1.29, 1.82) is 0 Å². The molecule has 0 aliphatic heterocycles. The Morgan fingerprint density at radius 1 is 1.15 bits per heavy atom. The molecule has 0 fully saturated rings. The van der Waals surface area contributed by atoms with Crippen LogP contribution in [0.3, 0.4) is 0 Å². The molecular weight excluding hydrogens is 269 g/mol. The Morgan fingerprint density at radius 3 is 2.10 bits per heavy atom. The first-order valence-electron chi connectivity index (χ1n) is 6.42. The van der Waals surface area contributed by atoms with Crippen LogP contribution in [0, 0.1) is 6.92 Å². The molecule has 1 aromatic heterocycles. The van der Waals surface area contributed by atoms with Crippen LogP contribution in [0.25, 0.3) is 0 Å². The summed E-state index contributed by atoms with van der Waals surface area (Å²) in [6, 6.07) is 0. The molecule has 1 rings (SSSR count). The Kier molecular flexibility index (Phi) is 4.51. The molecule has 4 nitrogen and oxygen atoms in total. The highest BCUT2D eigenvalue weighted by atomic mass is 19.4. The molecule has 2 N–H and O–H groups in total. The predicted molar refractivity (Wildman–Crippen MR) is 73.8 cm³/mol. The van der Waals surface area contributed by atoms with Crippen LogP contribution in [0.2, 0.25) is 0 Å². The van der Waals surface area contributed by atoms with Gasteiger partial charge in [-0.1, -0.05) is 20.8 Å². The normalized spacial score (nSPS) is 12.6. The van der Waals surface area contributed by atoms with E-state index in [0.717, 1.165) is 0 Å². The number of aromatic nitrogens is 2. The van der Waals surface area contributed by atoms with Crippen LogP contribution in [-0.2, 0) is 5.41 Å². The number of hydrogen-bond donors (Lipinski definition) is 1. The monoisotopic (exact) mass is 290 g/mol. The molecule has 114 valence electrons. The van der Waals surface area contributed by atoms with Crippen LogP contribution in [0.4, 0.5) is 24.8 Å². The number of nitrogens with zero attached hydrogens (tertiary/aromatic N) is 3. The number of alkyl halides is 3. The Hall–Kier alpha value is -1.53. The molecule has 0 aromatic carbocycles. The third kappa shape index (κ3) is 3.98. The van der Waals surface area contributed by atoms with E-state index in [1.54, 1.807) is 13.8 Å². The SMILES string of the molecule is CCN(CC(F)(F)F)c1nc(C(C)(C)C)nc(N)c1C. The Bertz CT molecular complexity index is 478. The minimum atomic E-state index is -4.29. The molecule has 0 saturated carbocycles. The Morgan fingerprint density at radius 2 is 1.70 bits per heavy atom. The number of hydrogen-bond acceptors (Lipinski definition) is 4.